The summed E-state index contributed by atoms with van der Waals surface area (Å²) in [5, 5.41) is 22.5. The first-order valence-electron chi connectivity index (χ1n) is 9.40. The SMILES string of the molecule is C=CCn1c(SCC(=O)Nc2cccc([N+](=O)[O-])c2)nnc1C(C)Oc1ccccc1. The fourth-order valence-corrected chi connectivity index (χ4v) is 3.54. The quantitative estimate of drug-likeness (QED) is 0.218. The Hall–Kier alpha value is -3.66. The number of nitro benzene ring substituents is 1. The Kier molecular flexibility index (Phi) is 7.39. The molecule has 1 amide bonds. The highest BCUT2D eigenvalue weighted by molar-refractivity contribution is 7.99. The molecule has 0 radical (unpaired) electrons. The molecule has 0 aliphatic rings. The molecule has 0 fully saturated rings. The number of carbonyl (C=O) groups is 1. The van der Waals surface area contributed by atoms with Crippen LogP contribution in [0.5, 0.6) is 5.75 Å². The van der Waals surface area contributed by atoms with Gasteiger partial charge in [0.1, 0.15) is 5.75 Å². The summed E-state index contributed by atoms with van der Waals surface area (Å²) in [5.41, 5.74) is 0.270. The minimum atomic E-state index is -0.512. The summed E-state index contributed by atoms with van der Waals surface area (Å²) >= 11 is 1.21. The molecule has 2 aromatic carbocycles. The van der Waals surface area contributed by atoms with Gasteiger partial charge in [-0.2, -0.15) is 0 Å². The number of hydrogen-bond donors (Lipinski definition) is 1. The molecule has 160 valence electrons. The smallest absolute Gasteiger partial charge is 0.271 e. The lowest BCUT2D eigenvalue weighted by Crippen LogP contribution is -2.15. The Morgan fingerprint density at radius 2 is 2.06 bits per heavy atom. The number of aromatic nitrogens is 3. The van der Waals surface area contributed by atoms with Crippen LogP contribution in [-0.4, -0.2) is 31.3 Å². The molecule has 0 aliphatic heterocycles. The van der Waals surface area contributed by atoms with E-state index in [2.05, 4.69) is 22.1 Å². The molecule has 0 aliphatic carbocycles. The number of nitrogens with one attached hydrogen (secondary N) is 1. The van der Waals surface area contributed by atoms with E-state index in [0.29, 0.717) is 29.0 Å². The molecule has 1 unspecified atom stereocenters. The van der Waals surface area contributed by atoms with Crippen molar-refractivity contribution < 1.29 is 14.5 Å². The molecule has 0 saturated carbocycles. The zero-order chi connectivity index (χ0) is 22.2. The molecular weight excluding hydrogens is 418 g/mol. The minimum Gasteiger partial charge on any atom is -0.483 e. The van der Waals surface area contributed by atoms with Gasteiger partial charge in [0.05, 0.1) is 10.7 Å². The average molecular weight is 439 g/mol. The summed E-state index contributed by atoms with van der Waals surface area (Å²) in [5.74, 6) is 1.08. The molecule has 10 heteroatoms. The molecule has 0 bridgehead atoms. The van der Waals surface area contributed by atoms with Gasteiger partial charge in [-0.1, -0.05) is 42.1 Å². The van der Waals surface area contributed by atoms with Crippen LogP contribution in [0, 0.1) is 10.1 Å². The second-order valence-electron chi connectivity index (χ2n) is 6.46. The maximum atomic E-state index is 12.3. The van der Waals surface area contributed by atoms with Crippen molar-refractivity contribution in [1.82, 2.24) is 14.8 Å². The number of para-hydroxylation sites is 1. The second-order valence-corrected chi connectivity index (χ2v) is 7.40. The highest BCUT2D eigenvalue weighted by Crippen LogP contribution is 2.25. The highest BCUT2D eigenvalue weighted by atomic mass is 32.2. The van der Waals surface area contributed by atoms with Gasteiger partial charge in [-0.15, -0.1) is 16.8 Å². The lowest BCUT2D eigenvalue weighted by Gasteiger charge is -2.15. The maximum absolute atomic E-state index is 12.3. The van der Waals surface area contributed by atoms with Gasteiger partial charge < -0.3 is 10.1 Å². The van der Waals surface area contributed by atoms with E-state index < -0.39 is 4.92 Å². The van der Waals surface area contributed by atoms with Crippen LogP contribution in [0.25, 0.3) is 0 Å². The summed E-state index contributed by atoms with van der Waals surface area (Å²) in [6.45, 7) is 6.11. The van der Waals surface area contributed by atoms with Crippen molar-refractivity contribution >= 4 is 29.0 Å². The van der Waals surface area contributed by atoms with E-state index in [4.69, 9.17) is 4.74 Å². The largest absolute Gasteiger partial charge is 0.483 e. The van der Waals surface area contributed by atoms with E-state index in [1.165, 1.54) is 30.0 Å². The number of rotatable bonds is 10. The number of allylic oxidation sites excluding steroid dienone is 1. The van der Waals surface area contributed by atoms with Gasteiger partial charge in [-0.05, 0) is 25.1 Å². The third-order valence-corrected chi connectivity index (χ3v) is 5.12. The van der Waals surface area contributed by atoms with Crippen LogP contribution < -0.4 is 10.1 Å². The van der Waals surface area contributed by atoms with Crippen molar-refractivity contribution in [2.45, 2.75) is 24.7 Å². The zero-order valence-electron chi connectivity index (χ0n) is 16.8. The van der Waals surface area contributed by atoms with E-state index in [0.717, 1.165) is 0 Å². The van der Waals surface area contributed by atoms with Crippen molar-refractivity contribution in [3.63, 3.8) is 0 Å². The lowest BCUT2D eigenvalue weighted by molar-refractivity contribution is -0.384. The van der Waals surface area contributed by atoms with Gasteiger partial charge in [0, 0.05) is 24.4 Å². The fraction of sp³-hybridized carbons (Fsp3) is 0.190. The highest BCUT2D eigenvalue weighted by Gasteiger charge is 2.20. The summed E-state index contributed by atoms with van der Waals surface area (Å²) < 4.78 is 7.77. The summed E-state index contributed by atoms with van der Waals surface area (Å²) in [6.07, 6.45) is 1.36. The Morgan fingerprint density at radius 1 is 1.29 bits per heavy atom. The lowest BCUT2D eigenvalue weighted by atomic mass is 10.3. The summed E-state index contributed by atoms with van der Waals surface area (Å²) in [6, 6.07) is 15.2. The van der Waals surface area contributed by atoms with Crippen LogP contribution in [-0.2, 0) is 11.3 Å². The van der Waals surface area contributed by atoms with Crippen molar-refractivity contribution in [3.05, 3.63) is 83.2 Å². The van der Waals surface area contributed by atoms with E-state index >= 15 is 0 Å². The van der Waals surface area contributed by atoms with Gasteiger partial charge in [-0.25, -0.2) is 0 Å². The zero-order valence-corrected chi connectivity index (χ0v) is 17.6. The van der Waals surface area contributed by atoms with Crippen LogP contribution in [0.2, 0.25) is 0 Å². The van der Waals surface area contributed by atoms with Crippen molar-refractivity contribution in [3.8, 4) is 5.75 Å². The number of nitrogens with zero attached hydrogens (tertiary/aromatic N) is 4. The van der Waals surface area contributed by atoms with Gasteiger partial charge in [0.25, 0.3) is 5.69 Å². The molecule has 3 rings (SSSR count). The van der Waals surface area contributed by atoms with E-state index in [1.54, 1.807) is 12.1 Å². The first-order chi connectivity index (χ1) is 15.0. The molecule has 0 spiro atoms. The van der Waals surface area contributed by atoms with Crippen LogP contribution in [0.3, 0.4) is 0 Å². The first kappa shape index (κ1) is 22.0. The van der Waals surface area contributed by atoms with Crippen LogP contribution in [0.4, 0.5) is 11.4 Å². The average Bonchev–Trinajstić information content (AvgIpc) is 3.16. The Labute approximate surface area is 183 Å². The van der Waals surface area contributed by atoms with Crippen LogP contribution >= 0.6 is 11.8 Å². The molecule has 1 heterocycles. The first-order valence-corrected chi connectivity index (χ1v) is 10.4. The molecular formula is C21H21N5O4S. The third-order valence-electron chi connectivity index (χ3n) is 4.15. The number of anilines is 1. The number of amides is 1. The van der Waals surface area contributed by atoms with E-state index in [9.17, 15) is 14.9 Å². The number of nitro groups is 1. The Bertz CT molecular complexity index is 1070. The monoisotopic (exact) mass is 439 g/mol. The van der Waals surface area contributed by atoms with Crippen molar-refractivity contribution in [1.29, 1.82) is 0 Å². The van der Waals surface area contributed by atoms with E-state index in [1.807, 2.05) is 41.8 Å². The predicted molar refractivity (Wildman–Crippen MR) is 118 cm³/mol. The number of hydrogen-bond acceptors (Lipinski definition) is 7. The van der Waals surface area contributed by atoms with Crippen molar-refractivity contribution in [2.24, 2.45) is 0 Å². The van der Waals surface area contributed by atoms with Crippen LogP contribution in [0.1, 0.15) is 18.9 Å². The topological polar surface area (TPSA) is 112 Å². The predicted octanol–water partition coefficient (Wildman–Crippen LogP) is 4.24. The van der Waals surface area contributed by atoms with Crippen molar-refractivity contribution in [2.75, 3.05) is 11.1 Å². The molecule has 3 aromatic rings. The Morgan fingerprint density at radius 3 is 2.77 bits per heavy atom. The minimum absolute atomic E-state index is 0.0614. The fourth-order valence-electron chi connectivity index (χ4n) is 2.79. The molecule has 1 N–H and O–H groups in total. The van der Waals surface area contributed by atoms with Gasteiger partial charge in [0.15, 0.2) is 17.1 Å². The normalized spacial score (nSPS) is 11.5. The molecule has 1 aromatic heterocycles. The third kappa shape index (κ3) is 5.92. The summed E-state index contributed by atoms with van der Waals surface area (Å²) in [4.78, 5) is 22.7. The number of carbonyl (C=O) groups excluding carboxylic acids is 1. The number of ether oxygens (including phenoxy) is 1. The van der Waals surface area contributed by atoms with Gasteiger partial charge >= 0.3 is 0 Å². The molecule has 1 atom stereocenters. The van der Waals surface area contributed by atoms with Gasteiger partial charge in [0.2, 0.25) is 5.91 Å². The summed E-state index contributed by atoms with van der Waals surface area (Å²) in [7, 11) is 0. The number of non-ortho nitro benzene ring substituents is 1. The second kappa shape index (κ2) is 10.4. The number of benzene rings is 2. The maximum Gasteiger partial charge on any atom is 0.271 e. The van der Waals surface area contributed by atoms with Gasteiger partial charge in [-0.3, -0.25) is 19.5 Å². The number of thioether (sulfide) groups is 1. The molecule has 31 heavy (non-hydrogen) atoms. The molecule has 9 nitrogen and oxygen atoms in total. The van der Waals surface area contributed by atoms with E-state index in [-0.39, 0.29) is 23.5 Å². The van der Waals surface area contributed by atoms with Crippen LogP contribution in [0.15, 0.2) is 72.4 Å². The standard InChI is InChI=1S/C21H21N5O4S/c1-3-12-25-20(15(2)30-18-10-5-4-6-11-18)23-24-21(25)31-14-19(27)22-16-8-7-9-17(13-16)26(28)29/h3-11,13,15H,1,12,14H2,2H3,(H,22,27). The Balaban J connectivity index is 1.66. The molecule has 0 saturated heterocycles.